The Bertz CT molecular complexity index is 503. The molecule has 21 heavy (non-hydrogen) atoms. The first-order valence-electron chi connectivity index (χ1n) is 7.03. The van der Waals surface area contributed by atoms with Gasteiger partial charge in [0.25, 0.3) is 0 Å². The molecule has 1 N–H and O–H groups in total. The highest BCUT2D eigenvalue weighted by Gasteiger charge is 2.25. The molecule has 1 aromatic carbocycles. The van der Waals surface area contributed by atoms with Crippen molar-refractivity contribution in [3.05, 3.63) is 35.4 Å². The molecule has 0 amide bonds. The monoisotopic (exact) mass is 311 g/mol. The predicted octanol–water partition coefficient (Wildman–Crippen LogP) is 3.22. The molecule has 0 radical (unpaired) electrons. The Labute approximate surface area is 129 Å². The Morgan fingerprint density at radius 1 is 1.19 bits per heavy atom. The number of ether oxygens (including phenoxy) is 1. The first-order chi connectivity index (χ1) is 9.66. The van der Waals surface area contributed by atoms with Crippen LogP contribution in [-0.2, 0) is 15.7 Å². The molecule has 1 unspecified atom stereocenters. The molecule has 0 bridgehead atoms. The molecule has 0 fully saturated rings. The summed E-state index contributed by atoms with van der Waals surface area (Å²) in [6.07, 6.45) is 0. The van der Waals surface area contributed by atoms with Gasteiger partial charge in [0.2, 0.25) is 0 Å². The molecule has 0 heterocycles. The van der Waals surface area contributed by atoms with Crippen molar-refractivity contribution in [1.29, 1.82) is 0 Å². The van der Waals surface area contributed by atoms with Crippen molar-refractivity contribution in [2.24, 2.45) is 5.92 Å². The second-order valence-electron chi connectivity index (χ2n) is 6.33. The van der Waals surface area contributed by atoms with Crippen LogP contribution in [0.2, 0.25) is 0 Å². The second-order valence-corrected chi connectivity index (χ2v) is 8.33. The lowest BCUT2D eigenvalue weighted by Crippen LogP contribution is -2.37. The quantitative estimate of drug-likeness (QED) is 0.849. The van der Waals surface area contributed by atoms with Crippen LogP contribution in [0.3, 0.4) is 0 Å². The lowest BCUT2D eigenvalue weighted by molar-refractivity contribution is 0.0600. The number of esters is 1. The number of hydrogen-bond acceptors (Lipinski definition) is 3. The van der Waals surface area contributed by atoms with Gasteiger partial charge in [-0.15, -0.1) is 0 Å². The van der Waals surface area contributed by atoms with E-state index in [1.54, 1.807) is 12.1 Å². The zero-order chi connectivity index (χ0) is 16.2. The van der Waals surface area contributed by atoms with Crippen LogP contribution in [0, 0.1) is 5.92 Å². The number of carbonyl (C=O) groups excluding carboxylic acids is 1. The summed E-state index contributed by atoms with van der Waals surface area (Å²) < 4.78 is 19.9. The third kappa shape index (κ3) is 4.93. The van der Waals surface area contributed by atoms with E-state index in [1.807, 2.05) is 32.9 Å². The van der Waals surface area contributed by atoms with Crippen molar-refractivity contribution in [2.75, 3.05) is 7.11 Å². The molecule has 118 valence electrons. The number of carbonyl (C=O) groups is 1. The molecular formula is C16H25NO3S. The number of methoxy groups -OCH3 is 1. The van der Waals surface area contributed by atoms with Crippen LogP contribution in [0.25, 0.3) is 0 Å². The zero-order valence-electron chi connectivity index (χ0n) is 13.6. The first-order valence-corrected chi connectivity index (χ1v) is 8.18. The fourth-order valence-corrected chi connectivity index (χ4v) is 2.82. The van der Waals surface area contributed by atoms with Crippen molar-refractivity contribution >= 4 is 17.0 Å². The van der Waals surface area contributed by atoms with Gasteiger partial charge in [0.1, 0.15) is 0 Å². The van der Waals surface area contributed by atoms with Crippen molar-refractivity contribution in [3.8, 4) is 0 Å². The van der Waals surface area contributed by atoms with Gasteiger partial charge in [0, 0.05) is 6.04 Å². The van der Waals surface area contributed by atoms with Crippen LogP contribution in [0.5, 0.6) is 0 Å². The van der Waals surface area contributed by atoms with Gasteiger partial charge in [-0.3, -0.25) is 0 Å². The van der Waals surface area contributed by atoms with Crippen molar-refractivity contribution in [1.82, 2.24) is 4.72 Å². The maximum atomic E-state index is 12.3. The molecule has 0 spiro atoms. The lowest BCUT2D eigenvalue weighted by Gasteiger charge is -2.27. The molecule has 0 saturated heterocycles. The van der Waals surface area contributed by atoms with Gasteiger partial charge < -0.3 is 4.74 Å². The predicted molar refractivity (Wildman–Crippen MR) is 86.4 cm³/mol. The van der Waals surface area contributed by atoms with E-state index in [0.29, 0.717) is 5.56 Å². The topological polar surface area (TPSA) is 55.4 Å². The Morgan fingerprint density at radius 2 is 1.71 bits per heavy atom. The largest absolute Gasteiger partial charge is 0.465 e. The Morgan fingerprint density at radius 3 is 2.10 bits per heavy atom. The normalized spacial score (nSPS) is 14.8. The Balaban J connectivity index is 2.96. The molecule has 0 aliphatic heterocycles. The third-order valence-electron chi connectivity index (χ3n) is 3.15. The fourth-order valence-electron chi connectivity index (χ4n) is 1.83. The van der Waals surface area contributed by atoms with Crippen LogP contribution in [0.4, 0.5) is 0 Å². The van der Waals surface area contributed by atoms with Gasteiger partial charge >= 0.3 is 5.97 Å². The fraction of sp³-hybridized carbons (Fsp3) is 0.562. The van der Waals surface area contributed by atoms with Gasteiger partial charge in [-0.1, -0.05) is 26.0 Å². The van der Waals surface area contributed by atoms with Gasteiger partial charge in [-0.25, -0.2) is 13.7 Å². The Hall–Kier alpha value is -1.20. The smallest absolute Gasteiger partial charge is 0.337 e. The molecule has 1 aromatic rings. The van der Waals surface area contributed by atoms with Gasteiger partial charge in [0.05, 0.1) is 28.4 Å². The van der Waals surface area contributed by atoms with Crippen LogP contribution in [0.1, 0.15) is 56.6 Å². The van der Waals surface area contributed by atoms with E-state index in [-0.39, 0.29) is 22.7 Å². The molecular weight excluding hydrogens is 286 g/mol. The van der Waals surface area contributed by atoms with Crippen LogP contribution >= 0.6 is 0 Å². The number of rotatable bonds is 5. The number of hydrogen-bond donors (Lipinski definition) is 1. The van der Waals surface area contributed by atoms with E-state index >= 15 is 0 Å². The van der Waals surface area contributed by atoms with Crippen LogP contribution in [0.15, 0.2) is 24.3 Å². The average molecular weight is 311 g/mol. The molecule has 0 aliphatic rings. The van der Waals surface area contributed by atoms with E-state index < -0.39 is 11.0 Å². The second kappa shape index (κ2) is 7.18. The summed E-state index contributed by atoms with van der Waals surface area (Å²) in [5.41, 5.74) is 1.52. The van der Waals surface area contributed by atoms with Crippen molar-refractivity contribution in [3.63, 3.8) is 0 Å². The maximum absolute atomic E-state index is 12.3. The van der Waals surface area contributed by atoms with Gasteiger partial charge in [-0.05, 0) is 44.4 Å². The highest BCUT2D eigenvalue weighted by atomic mass is 32.2. The number of nitrogens with one attached hydrogen (secondary N) is 1. The summed E-state index contributed by atoms with van der Waals surface area (Å²) in [4.78, 5) is 11.5. The standard InChI is InChI=1S/C16H25NO3S/c1-11(2)14(17-21(19)16(3,4)5)12-7-9-13(10-8-12)15(18)20-6/h7-11,14,17H,1-6H3/t14-,21?/m0/s1. The third-order valence-corrected chi connectivity index (χ3v) is 4.73. The lowest BCUT2D eigenvalue weighted by atomic mass is 9.96. The first kappa shape index (κ1) is 17.9. The van der Waals surface area contributed by atoms with E-state index in [1.165, 1.54) is 7.11 Å². The van der Waals surface area contributed by atoms with Crippen LogP contribution in [-0.4, -0.2) is 22.0 Å². The van der Waals surface area contributed by atoms with E-state index in [9.17, 15) is 9.00 Å². The highest BCUT2D eigenvalue weighted by molar-refractivity contribution is 7.84. The summed E-state index contributed by atoms with van der Waals surface area (Å²) in [5, 5.41) is 0. The minimum absolute atomic E-state index is 0.0308. The summed E-state index contributed by atoms with van der Waals surface area (Å²) in [6, 6.07) is 7.20. The highest BCUT2D eigenvalue weighted by Crippen LogP contribution is 2.24. The van der Waals surface area contributed by atoms with Crippen LogP contribution < -0.4 is 4.72 Å². The van der Waals surface area contributed by atoms with E-state index in [0.717, 1.165) is 5.56 Å². The molecule has 0 saturated carbocycles. The minimum atomic E-state index is -1.15. The number of benzene rings is 1. The molecule has 1 rings (SSSR count). The molecule has 5 heteroatoms. The maximum Gasteiger partial charge on any atom is 0.337 e. The summed E-state index contributed by atoms with van der Waals surface area (Å²) in [7, 11) is 0.216. The minimum Gasteiger partial charge on any atom is -0.465 e. The van der Waals surface area contributed by atoms with Gasteiger partial charge in [0.15, 0.2) is 0 Å². The van der Waals surface area contributed by atoms with Crippen molar-refractivity contribution in [2.45, 2.75) is 45.4 Å². The summed E-state index contributed by atoms with van der Waals surface area (Å²) in [6.45, 7) is 9.97. The summed E-state index contributed by atoms with van der Waals surface area (Å²) in [5.74, 6) is -0.0749. The molecule has 0 aromatic heterocycles. The van der Waals surface area contributed by atoms with Crippen molar-refractivity contribution < 1.29 is 13.7 Å². The molecule has 0 aliphatic carbocycles. The van der Waals surface area contributed by atoms with Gasteiger partial charge in [-0.2, -0.15) is 0 Å². The Kier molecular flexibility index (Phi) is 6.10. The molecule has 2 atom stereocenters. The van der Waals surface area contributed by atoms with E-state index in [2.05, 4.69) is 18.6 Å². The zero-order valence-corrected chi connectivity index (χ0v) is 14.4. The average Bonchev–Trinajstić information content (AvgIpc) is 2.42. The summed E-state index contributed by atoms with van der Waals surface area (Å²) >= 11 is 0. The SMILES string of the molecule is COC(=O)c1ccc([C@@H](NS(=O)C(C)(C)C)C(C)C)cc1. The molecule has 4 nitrogen and oxygen atoms in total. The van der Waals surface area contributed by atoms with E-state index in [4.69, 9.17) is 4.74 Å².